The molecule has 0 atom stereocenters. The Kier molecular flexibility index (Phi) is 7.73. The molecule has 0 radical (unpaired) electrons. The molecular formula is C23H19BrO4S2Se. The molecule has 0 aliphatic carbocycles. The number of allylic oxidation sites excluding steroid dienone is 2. The van der Waals surface area contributed by atoms with Gasteiger partial charge in [-0.2, -0.15) is 0 Å². The molecule has 0 aromatic heterocycles. The molecule has 0 saturated carbocycles. The fourth-order valence-corrected chi connectivity index (χ4v) is 8.63. The summed E-state index contributed by atoms with van der Waals surface area (Å²) in [6, 6.07) is 23.9. The summed E-state index contributed by atoms with van der Waals surface area (Å²) >= 11 is 2.74. The maximum atomic E-state index is 13.0. The second kappa shape index (κ2) is 10.1. The Bertz CT molecular complexity index is 1320. The molecular weight excluding hydrogens is 563 g/mol. The van der Waals surface area contributed by atoms with Crippen LogP contribution in [0.1, 0.15) is 5.56 Å². The predicted molar refractivity (Wildman–Crippen MR) is 129 cm³/mol. The Morgan fingerprint density at radius 1 is 0.774 bits per heavy atom. The summed E-state index contributed by atoms with van der Waals surface area (Å²) in [4.78, 5) is 0.293. The molecule has 0 fully saturated rings. The van der Waals surface area contributed by atoms with E-state index in [1.165, 1.54) is 18.2 Å². The third kappa shape index (κ3) is 6.28. The number of benzene rings is 3. The third-order valence-corrected chi connectivity index (χ3v) is 11.1. The Labute approximate surface area is 197 Å². The van der Waals surface area contributed by atoms with Gasteiger partial charge in [-0.15, -0.1) is 0 Å². The van der Waals surface area contributed by atoms with Crippen LogP contribution in [0.4, 0.5) is 0 Å². The zero-order chi connectivity index (χ0) is 22.5. The summed E-state index contributed by atoms with van der Waals surface area (Å²) in [6.45, 7) is 1.88. The van der Waals surface area contributed by atoms with Gasteiger partial charge >= 0.3 is 199 Å². The van der Waals surface area contributed by atoms with Gasteiger partial charge in [0.25, 0.3) is 0 Å². The van der Waals surface area contributed by atoms with Gasteiger partial charge in [0.15, 0.2) is 0 Å². The topological polar surface area (TPSA) is 68.3 Å². The molecule has 0 saturated heterocycles. The summed E-state index contributed by atoms with van der Waals surface area (Å²) in [5.41, 5.74) is 0.952. The number of aryl methyl sites for hydroxylation is 1. The van der Waals surface area contributed by atoms with Gasteiger partial charge in [-0.05, 0) is 0 Å². The molecule has 4 nitrogen and oxygen atoms in total. The Balaban J connectivity index is 2.07. The summed E-state index contributed by atoms with van der Waals surface area (Å²) in [7, 11) is -7.56. The summed E-state index contributed by atoms with van der Waals surface area (Å²) < 4.78 is 53.0. The van der Waals surface area contributed by atoms with E-state index in [9.17, 15) is 16.8 Å². The van der Waals surface area contributed by atoms with E-state index in [2.05, 4.69) is 15.9 Å². The van der Waals surface area contributed by atoms with Crippen molar-refractivity contribution < 1.29 is 16.8 Å². The molecule has 160 valence electrons. The molecule has 3 rings (SSSR count). The first-order valence-corrected chi connectivity index (χ1v) is 14.7. The molecule has 0 heterocycles. The van der Waals surface area contributed by atoms with Crippen molar-refractivity contribution in [1.82, 2.24) is 0 Å². The maximum absolute atomic E-state index is 13.0. The number of sulfone groups is 2. The van der Waals surface area contributed by atoms with Gasteiger partial charge in [-0.1, -0.05) is 0 Å². The number of halogens is 1. The van der Waals surface area contributed by atoms with Gasteiger partial charge in [0, 0.05) is 0 Å². The number of hydrogen-bond acceptors (Lipinski definition) is 4. The normalized spacial score (nSPS) is 13.2. The SMILES string of the molecule is Cc1ccc(S(=O)(=O)/C=C(\C=C(/Br)S(=O)(=O)c2ccccc2)[Se]c2ccccc2)cc1. The van der Waals surface area contributed by atoms with Crippen LogP contribution >= 0.6 is 15.9 Å². The number of hydrogen-bond donors (Lipinski definition) is 0. The molecule has 0 spiro atoms. The first-order valence-electron chi connectivity index (χ1n) is 9.12. The Morgan fingerprint density at radius 2 is 1.32 bits per heavy atom. The van der Waals surface area contributed by atoms with Gasteiger partial charge < -0.3 is 0 Å². The fourth-order valence-electron chi connectivity index (χ4n) is 2.56. The third-order valence-electron chi connectivity index (χ3n) is 4.17. The van der Waals surface area contributed by atoms with E-state index in [4.69, 9.17) is 0 Å². The summed E-state index contributed by atoms with van der Waals surface area (Å²) in [5.74, 6) is 0. The first-order chi connectivity index (χ1) is 14.7. The van der Waals surface area contributed by atoms with Crippen LogP contribution in [0.25, 0.3) is 0 Å². The van der Waals surface area contributed by atoms with Crippen molar-refractivity contribution in [3.63, 3.8) is 0 Å². The molecule has 0 bridgehead atoms. The molecule has 0 aliphatic rings. The van der Waals surface area contributed by atoms with Crippen LogP contribution in [0.15, 0.2) is 114 Å². The van der Waals surface area contributed by atoms with Gasteiger partial charge in [-0.3, -0.25) is 0 Å². The summed E-state index contributed by atoms with van der Waals surface area (Å²) in [6.07, 6.45) is 1.39. The van der Waals surface area contributed by atoms with Crippen LogP contribution in [0, 0.1) is 6.92 Å². The van der Waals surface area contributed by atoms with Gasteiger partial charge in [-0.25, -0.2) is 0 Å². The minimum atomic E-state index is -3.80. The minimum absolute atomic E-state index is 0.0886. The average Bonchev–Trinajstić information content (AvgIpc) is 2.75. The van der Waals surface area contributed by atoms with E-state index >= 15 is 0 Å². The Morgan fingerprint density at radius 3 is 1.90 bits per heavy atom. The van der Waals surface area contributed by atoms with Crippen molar-refractivity contribution in [2.45, 2.75) is 16.7 Å². The van der Waals surface area contributed by atoms with E-state index in [0.717, 1.165) is 15.4 Å². The van der Waals surface area contributed by atoms with E-state index in [1.807, 2.05) is 37.3 Å². The first kappa shape index (κ1) is 23.7. The van der Waals surface area contributed by atoms with Crippen molar-refractivity contribution in [2.75, 3.05) is 0 Å². The van der Waals surface area contributed by atoms with Crippen LogP contribution in [0.2, 0.25) is 0 Å². The number of rotatable bonds is 7. The fraction of sp³-hybridized carbons (Fsp3) is 0.0435. The molecule has 0 aliphatic heterocycles. The van der Waals surface area contributed by atoms with Gasteiger partial charge in [0.2, 0.25) is 0 Å². The zero-order valence-corrected chi connectivity index (χ0v) is 21.4. The quantitative estimate of drug-likeness (QED) is 0.307. The standard InChI is InChI=1S/C23H19BrO4S2Se/c1-18-12-14-19(15-13-18)29(25,26)17-22(31-21-10-6-3-7-11-21)16-23(24)30(27,28)20-8-4-2-5-9-20/h2-17H,1H3/b22-17+,23-16+. The molecule has 3 aromatic rings. The van der Waals surface area contributed by atoms with Crippen LogP contribution in [-0.2, 0) is 19.7 Å². The van der Waals surface area contributed by atoms with Crippen LogP contribution < -0.4 is 4.46 Å². The van der Waals surface area contributed by atoms with Crippen molar-refractivity contribution in [3.8, 4) is 0 Å². The predicted octanol–water partition coefficient (Wildman–Crippen LogP) is 4.35. The van der Waals surface area contributed by atoms with Crippen LogP contribution in [0.5, 0.6) is 0 Å². The molecule has 0 N–H and O–H groups in total. The second-order valence-electron chi connectivity index (χ2n) is 6.56. The van der Waals surface area contributed by atoms with Gasteiger partial charge in [0.1, 0.15) is 0 Å². The molecule has 0 amide bonds. The molecule has 3 aromatic carbocycles. The van der Waals surface area contributed by atoms with Crippen LogP contribution in [0.3, 0.4) is 0 Å². The second-order valence-corrected chi connectivity index (χ2v) is 14.1. The van der Waals surface area contributed by atoms with Crippen molar-refractivity contribution >= 4 is 55.0 Å². The van der Waals surface area contributed by atoms with Gasteiger partial charge in [0.05, 0.1) is 0 Å². The van der Waals surface area contributed by atoms with Crippen molar-refractivity contribution in [2.24, 2.45) is 0 Å². The molecule has 0 unspecified atom stereocenters. The monoisotopic (exact) mass is 582 g/mol. The van der Waals surface area contributed by atoms with Crippen molar-refractivity contribution in [1.29, 1.82) is 0 Å². The van der Waals surface area contributed by atoms with E-state index in [1.54, 1.807) is 42.5 Å². The summed E-state index contributed by atoms with van der Waals surface area (Å²) in [5, 5.41) is 1.16. The van der Waals surface area contributed by atoms with Crippen LogP contribution in [-0.4, -0.2) is 31.8 Å². The van der Waals surface area contributed by atoms with E-state index in [0.29, 0.717) is 4.47 Å². The molecule has 8 heteroatoms. The van der Waals surface area contributed by atoms with Crippen molar-refractivity contribution in [3.05, 3.63) is 110 Å². The van der Waals surface area contributed by atoms with E-state index in [-0.39, 0.29) is 13.6 Å². The molecule has 31 heavy (non-hydrogen) atoms. The Hall–Kier alpha value is -1.96. The van der Waals surface area contributed by atoms with E-state index < -0.39 is 34.6 Å². The zero-order valence-electron chi connectivity index (χ0n) is 16.5. The average molecular weight is 582 g/mol.